The minimum atomic E-state index is 0.891. The fraction of sp³-hybridized carbons (Fsp3) is 1.00. The molecule has 1 N–H and O–H groups in total. The van der Waals surface area contributed by atoms with Crippen molar-refractivity contribution in [3.05, 3.63) is 0 Å². The minimum absolute atomic E-state index is 0.891. The molecular weight excluding hydrogens is 184 g/mol. The molecule has 0 saturated heterocycles. The van der Waals surface area contributed by atoms with E-state index in [0.717, 1.165) is 12.1 Å². The van der Waals surface area contributed by atoms with Crippen LogP contribution >= 0.6 is 0 Å². The van der Waals surface area contributed by atoms with Crippen molar-refractivity contribution in [1.82, 2.24) is 10.2 Å². The summed E-state index contributed by atoms with van der Waals surface area (Å²) >= 11 is 0. The molecule has 2 nitrogen and oxygen atoms in total. The van der Waals surface area contributed by atoms with E-state index in [1.807, 2.05) is 0 Å². The molecule has 0 atom stereocenters. The van der Waals surface area contributed by atoms with E-state index in [1.165, 1.54) is 64.5 Å². The molecule has 88 valence electrons. The number of unbranched alkanes of at least 4 members (excludes halogenated alkanes) is 2. The van der Waals surface area contributed by atoms with Gasteiger partial charge in [-0.3, -0.25) is 0 Å². The van der Waals surface area contributed by atoms with Gasteiger partial charge in [-0.2, -0.15) is 0 Å². The molecule has 0 aromatic carbocycles. The normalized spacial score (nSPS) is 22.0. The van der Waals surface area contributed by atoms with Crippen molar-refractivity contribution in [1.29, 1.82) is 0 Å². The molecule has 0 unspecified atom stereocenters. The minimum Gasteiger partial charge on any atom is -0.314 e. The van der Waals surface area contributed by atoms with Gasteiger partial charge in [0.25, 0.3) is 0 Å². The largest absolute Gasteiger partial charge is 0.314 e. The van der Waals surface area contributed by atoms with E-state index in [1.54, 1.807) is 0 Å². The van der Waals surface area contributed by atoms with Crippen LogP contribution < -0.4 is 5.32 Å². The van der Waals surface area contributed by atoms with Gasteiger partial charge in [-0.05, 0) is 58.7 Å². The summed E-state index contributed by atoms with van der Waals surface area (Å²) < 4.78 is 0. The average Bonchev–Trinajstić information content (AvgIpc) is 2.91. The summed E-state index contributed by atoms with van der Waals surface area (Å²) in [6.07, 6.45) is 11.3. The maximum Gasteiger partial charge on any atom is 0.00922 e. The van der Waals surface area contributed by atoms with Gasteiger partial charge in [0.05, 0.1) is 0 Å². The van der Waals surface area contributed by atoms with Crippen LogP contribution in [-0.2, 0) is 0 Å². The van der Waals surface area contributed by atoms with E-state index in [0.29, 0.717) is 0 Å². The summed E-state index contributed by atoms with van der Waals surface area (Å²) in [7, 11) is 2.30. The molecular formula is C13H26N2. The Morgan fingerprint density at radius 1 is 1.07 bits per heavy atom. The van der Waals surface area contributed by atoms with Crippen LogP contribution in [0.25, 0.3) is 0 Å². The van der Waals surface area contributed by atoms with Crippen molar-refractivity contribution in [2.24, 2.45) is 0 Å². The smallest absolute Gasteiger partial charge is 0.00922 e. The van der Waals surface area contributed by atoms with Gasteiger partial charge in [-0.15, -0.1) is 0 Å². The van der Waals surface area contributed by atoms with Crippen LogP contribution in [-0.4, -0.2) is 37.1 Å². The fourth-order valence-corrected chi connectivity index (χ4v) is 2.27. The third-order valence-corrected chi connectivity index (χ3v) is 3.90. The van der Waals surface area contributed by atoms with Gasteiger partial charge in [-0.25, -0.2) is 0 Å². The third kappa shape index (κ3) is 4.12. The number of rotatable bonds is 8. The maximum absolute atomic E-state index is 3.58. The standard InChI is InChI=1S/C13H26N2/c1-15(13-6-5-7-13)11-4-2-3-10-14-12-8-9-12/h12-14H,2-11H2,1H3. The van der Waals surface area contributed by atoms with Gasteiger partial charge in [0.2, 0.25) is 0 Å². The fourth-order valence-electron chi connectivity index (χ4n) is 2.27. The highest BCUT2D eigenvalue weighted by Gasteiger charge is 2.21. The zero-order valence-corrected chi connectivity index (χ0v) is 10.2. The molecule has 0 bridgehead atoms. The van der Waals surface area contributed by atoms with Crippen molar-refractivity contribution in [3.8, 4) is 0 Å². The Kier molecular flexibility index (Phi) is 4.45. The predicted octanol–water partition coefficient (Wildman–Crippen LogP) is 2.39. The molecule has 2 aliphatic carbocycles. The van der Waals surface area contributed by atoms with Crippen molar-refractivity contribution in [3.63, 3.8) is 0 Å². The first-order chi connectivity index (χ1) is 7.36. The Hall–Kier alpha value is -0.0800. The Balaban J connectivity index is 1.37. The molecule has 0 aromatic rings. The molecule has 2 aliphatic rings. The van der Waals surface area contributed by atoms with E-state index >= 15 is 0 Å². The van der Waals surface area contributed by atoms with E-state index in [2.05, 4.69) is 17.3 Å². The quantitative estimate of drug-likeness (QED) is 0.619. The molecule has 15 heavy (non-hydrogen) atoms. The summed E-state index contributed by atoms with van der Waals surface area (Å²) in [5, 5.41) is 3.58. The monoisotopic (exact) mass is 210 g/mol. The Bertz CT molecular complexity index is 173. The van der Waals surface area contributed by atoms with E-state index in [-0.39, 0.29) is 0 Å². The Labute approximate surface area is 94.4 Å². The highest BCUT2D eigenvalue weighted by molar-refractivity contribution is 4.80. The molecule has 0 heterocycles. The molecule has 0 aliphatic heterocycles. The number of nitrogens with one attached hydrogen (secondary N) is 1. The van der Waals surface area contributed by atoms with Crippen LogP contribution in [0.15, 0.2) is 0 Å². The molecule has 2 heteroatoms. The highest BCUT2D eigenvalue weighted by atomic mass is 15.1. The van der Waals surface area contributed by atoms with Gasteiger partial charge < -0.3 is 10.2 Å². The first kappa shape index (κ1) is 11.4. The second kappa shape index (κ2) is 5.86. The summed E-state index contributed by atoms with van der Waals surface area (Å²) in [6, 6.07) is 1.82. The van der Waals surface area contributed by atoms with Gasteiger partial charge in [-0.1, -0.05) is 12.8 Å². The molecule has 0 aromatic heterocycles. The molecule has 2 saturated carbocycles. The average molecular weight is 210 g/mol. The third-order valence-electron chi connectivity index (χ3n) is 3.90. The van der Waals surface area contributed by atoms with Crippen LogP contribution in [0.2, 0.25) is 0 Å². The second-order valence-corrected chi connectivity index (χ2v) is 5.35. The van der Waals surface area contributed by atoms with Crippen LogP contribution in [0.5, 0.6) is 0 Å². The number of nitrogens with zero attached hydrogens (tertiary/aromatic N) is 1. The molecule has 0 spiro atoms. The molecule has 0 amide bonds. The molecule has 2 rings (SSSR count). The maximum atomic E-state index is 3.58. The Morgan fingerprint density at radius 2 is 1.87 bits per heavy atom. The van der Waals surface area contributed by atoms with Gasteiger partial charge >= 0.3 is 0 Å². The van der Waals surface area contributed by atoms with Crippen LogP contribution in [0.3, 0.4) is 0 Å². The van der Waals surface area contributed by atoms with Crippen molar-refractivity contribution >= 4 is 0 Å². The van der Waals surface area contributed by atoms with Crippen molar-refractivity contribution in [2.45, 2.75) is 63.5 Å². The summed E-state index contributed by atoms with van der Waals surface area (Å²) in [4.78, 5) is 2.57. The van der Waals surface area contributed by atoms with Crippen LogP contribution in [0.4, 0.5) is 0 Å². The predicted molar refractivity (Wildman–Crippen MR) is 65.1 cm³/mol. The lowest BCUT2D eigenvalue weighted by Gasteiger charge is -2.34. The van der Waals surface area contributed by atoms with Gasteiger partial charge in [0.15, 0.2) is 0 Å². The SMILES string of the molecule is CN(CCCCCNC1CC1)C1CCC1. The zero-order chi connectivity index (χ0) is 10.5. The zero-order valence-electron chi connectivity index (χ0n) is 10.2. The highest BCUT2D eigenvalue weighted by Crippen LogP contribution is 2.23. The first-order valence-electron chi connectivity index (χ1n) is 6.80. The van der Waals surface area contributed by atoms with E-state index in [9.17, 15) is 0 Å². The van der Waals surface area contributed by atoms with E-state index in [4.69, 9.17) is 0 Å². The van der Waals surface area contributed by atoms with E-state index < -0.39 is 0 Å². The lowest BCUT2D eigenvalue weighted by Crippen LogP contribution is -2.37. The van der Waals surface area contributed by atoms with Crippen LogP contribution in [0, 0.1) is 0 Å². The Morgan fingerprint density at radius 3 is 2.47 bits per heavy atom. The van der Waals surface area contributed by atoms with Crippen molar-refractivity contribution < 1.29 is 0 Å². The molecule has 0 radical (unpaired) electrons. The number of hydrogen-bond acceptors (Lipinski definition) is 2. The summed E-state index contributed by atoms with van der Waals surface area (Å²) in [6.45, 7) is 2.56. The van der Waals surface area contributed by atoms with Crippen molar-refractivity contribution in [2.75, 3.05) is 20.1 Å². The first-order valence-corrected chi connectivity index (χ1v) is 6.80. The summed E-state index contributed by atoms with van der Waals surface area (Å²) in [5.41, 5.74) is 0. The molecule has 2 fully saturated rings. The van der Waals surface area contributed by atoms with Gasteiger partial charge in [0.1, 0.15) is 0 Å². The topological polar surface area (TPSA) is 15.3 Å². The van der Waals surface area contributed by atoms with Crippen LogP contribution in [0.1, 0.15) is 51.4 Å². The summed E-state index contributed by atoms with van der Waals surface area (Å²) in [5.74, 6) is 0. The number of hydrogen-bond donors (Lipinski definition) is 1. The van der Waals surface area contributed by atoms with Gasteiger partial charge in [0, 0.05) is 12.1 Å². The lowest BCUT2D eigenvalue weighted by atomic mass is 9.92. The lowest BCUT2D eigenvalue weighted by molar-refractivity contribution is 0.157. The second-order valence-electron chi connectivity index (χ2n) is 5.35.